The Morgan fingerprint density at radius 3 is 2.12 bits per heavy atom. The van der Waals surface area contributed by atoms with Gasteiger partial charge in [0.25, 0.3) is 5.56 Å². The lowest BCUT2D eigenvalue weighted by atomic mass is 10.0. The van der Waals surface area contributed by atoms with Crippen molar-refractivity contribution >= 4 is 0 Å². The van der Waals surface area contributed by atoms with Crippen LogP contribution in [0.25, 0.3) is 0 Å². The molecule has 2 heterocycles. The molecule has 0 saturated carbocycles. The topological polar surface area (TPSA) is 25.2 Å². The number of fused-ring (bicyclic) bond motifs is 1. The number of nitrogens with zero attached hydrogens (tertiary/aromatic N) is 2. The Kier molecular flexibility index (Phi) is 4.49. The molecule has 3 heteroatoms. The average Bonchev–Trinajstić information content (AvgIpc) is 2.66. The van der Waals surface area contributed by atoms with Crippen molar-refractivity contribution in [2.24, 2.45) is 0 Å². The number of aromatic nitrogens is 1. The summed E-state index contributed by atoms with van der Waals surface area (Å²) in [6.07, 6.45) is 2.89. The first-order valence-corrected chi connectivity index (χ1v) is 8.81. The van der Waals surface area contributed by atoms with E-state index in [9.17, 15) is 4.79 Å². The van der Waals surface area contributed by atoms with Gasteiger partial charge in [0.1, 0.15) is 0 Å². The van der Waals surface area contributed by atoms with E-state index in [1.54, 1.807) is 0 Å². The van der Waals surface area contributed by atoms with Crippen molar-refractivity contribution in [2.75, 3.05) is 6.54 Å². The molecule has 0 amide bonds. The third-order valence-electron chi connectivity index (χ3n) is 4.89. The SMILES string of the molecule is O=c1c2c(ccn1Cc1ccccc1)CCN(Cc1ccccc1)C2. The maximum atomic E-state index is 13.0. The minimum atomic E-state index is 0.152. The molecule has 1 aromatic heterocycles. The lowest BCUT2D eigenvalue weighted by Crippen LogP contribution is -2.36. The van der Waals surface area contributed by atoms with E-state index in [1.165, 1.54) is 11.1 Å². The summed E-state index contributed by atoms with van der Waals surface area (Å²) in [5.41, 5.74) is 4.77. The molecule has 0 aliphatic carbocycles. The van der Waals surface area contributed by atoms with Gasteiger partial charge in [-0.2, -0.15) is 0 Å². The Bertz CT molecular complexity index is 900. The van der Waals surface area contributed by atoms with Crippen molar-refractivity contribution in [1.82, 2.24) is 9.47 Å². The van der Waals surface area contributed by atoms with Gasteiger partial charge in [0.2, 0.25) is 0 Å². The fourth-order valence-electron chi connectivity index (χ4n) is 3.52. The van der Waals surface area contributed by atoms with E-state index in [1.807, 2.05) is 35.0 Å². The highest BCUT2D eigenvalue weighted by atomic mass is 16.1. The quantitative estimate of drug-likeness (QED) is 0.732. The number of benzene rings is 2. The summed E-state index contributed by atoms with van der Waals surface area (Å²) >= 11 is 0. The van der Waals surface area contributed by atoms with Crippen molar-refractivity contribution < 1.29 is 0 Å². The second kappa shape index (κ2) is 7.08. The Labute approximate surface area is 148 Å². The summed E-state index contributed by atoms with van der Waals surface area (Å²) in [7, 11) is 0. The molecule has 1 aliphatic heterocycles. The molecule has 0 radical (unpaired) electrons. The first-order valence-electron chi connectivity index (χ1n) is 8.81. The minimum Gasteiger partial charge on any atom is -0.311 e. The predicted octanol–water partition coefficient (Wildman–Crippen LogP) is 3.45. The maximum Gasteiger partial charge on any atom is 0.255 e. The molecular formula is C22H22N2O. The highest BCUT2D eigenvalue weighted by molar-refractivity contribution is 5.28. The minimum absolute atomic E-state index is 0.152. The van der Waals surface area contributed by atoms with Gasteiger partial charge in [-0.05, 0) is 29.2 Å². The first-order chi connectivity index (χ1) is 12.3. The zero-order valence-electron chi connectivity index (χ0n) is 14.3. The molecule has 126 valence electrons. The van der Waals surface area contributed by atoms with Gasteiger partial charge in [-0.15, -0.1) is 0 Å². The summed E-state index contributed by atoms with van der Waals surface area (Å²) < 4.78 is 1.83. The number of hydrogen-bond donors (Lipinski definition) is 0. The van der Waals surface area contributed by atoms with Gasteiger partial charge in [-0.25, -0.2) is 0 Å². The van der Waals surface area contributed by atoms with Crippen molar-refractivity contribution in [1.29, 1.82) is 0 Å². The fourth-order valence-corrected chi connectivity index (χ4v) is 3.52. The fraction of sp³-hybridized carbons (Fsp3) is 0.227. The summed E-state index contributed by atoms with van der Waals surface area (Å²) in [6.45, 7) is 3.27. The van der Waals surface area contributed by atoms with Gasteiger partial charge in [0.05, 0.1) is 6.54 Å². The second-order valence-corrected chi connectivity index (χ2v) is 6.68. The molecule has 0 fully saturated rings. The molecule has 3 aromatic rings. The Morgan fingerprint density at radius 2 is 1.44 bits per heavy atom. The summed E-state index contributed by atoms with van der Waals surface area (Å²) in [4.78, 5) is 15.3. The van der Waals surface area contributed by atoms with Gasteiger partial charge in [-0.3, -0.25) is 9.69 Å². The molecule has 2 aromatic carbocycles. The Balaban J connectivity index is 1.56. The van der Waals surface area contributed by atoms with Crippen LogP contribution in [0.15, 0.2) is 77.7 Å². The van der Waals surface area contributed by atoms with Gasteiger partial charge < -0.3 is 4.57 Å². The van der Waals surface area contributed by atoms with E-state index in [-0.39, 0.29) is 5.56 Å². The highest BCUT2D eigenvalue weighted by Crippen LogP contribution is 2.18. The maximum absolute atomic E-state index is 13.0. The van der Waals surface area contributed by atoms with E-state index in [0.717, 1.165) is 37.2 Å². The average molecular weight is 330 g/mol. The normalized spacial score (nSPS) is 14.2. The predicted molar refractivity (Wildman–Crippen MR) is 101 cm³/mol. The zero-order chi connectivity index (χ0) is 17.1. The second-order valence-electron chi connectivity index (χ2n) is 6.68. The van der Waals surface area contributed by atoms with Crippen LogP contribution in [0.3, 0.4) is 0 Å². The molecule has 25 heavy (non-hydrogen) atoms. The summed E-state index contributed by atoms with van der Waals surface area (Å²) in [5, 5.41) is 0. The Hall–Kier alpha value is -2.65. The monoisotopic (exact) mass is 330 g/mol. The van der Waals surface area contributed by atoms with Crippen LogP contribution in [0, 0.1) is 0 Å². The van der Waals surface area contributed by atoms with Gasteiger partial charge in [0.15, 0.2) is 0 Å². The van der Waals surface area contributed by atoms with Crippen molar-refractivity contribution in [3.63, 3.8) is 0 Å². The Morgan fingerprint density at radius 1 is 0.800 bits per heavy atom. The number of pyridine rings is 1. The number of hydrogen-bond acceptors (Lipinski definition) is 2. The van der Waals surface area contributed by atoms with E-state index in [4.69, 9.17) is 0 Å². The summed E-state index contributed by atoms with van der Waals surface area (Å²) in [6, 6.07) is 22.8. The van der Waals surface area contributed by atoms with Crippen LogP contribution in [0.4, 0.5) is 0 Å². The molecule has 0 atom stereocenters. The van der Waals surface area contributed by atoms with E-state index in [2.05, 4.69) is 47.4 Å². The first kappa shape index (κ1) is 15.9. The zero-order valence-corrected chi connectivity index (χ0v) is 14.3. The van der Waals surface area contributed by atoms with Crippen LogP contribution in [-0.4, -0.2) is 16.0 Å². The van der Waals surface area contributed by atoms with Crippen LogP contribution in [0.5, 0.6) is 0 Å². The molecule has 0 spiro atoms. The van der Waals surface area contributed by atoms with E-state index >= 15 is 0 Å². The lowest BCUT2D eigenvalue weighted by molar-refractivity contribution is 0.243. The van der Waals surface area contributed by atoms with E-state index < -0.39 is 0 Å². The van der Waals surface area contributed by atoms with Gasteiger partial charge >= 0.3 is 0 Å². The van der Waals surface area contributed by atoms with Crippen LogP contribution < -0.4 is 5.56 Å². The molecule has 3 nitrogen and oxygen atoms in total. The van der Waals surface area contributed by atoms with Crippen LogP contribution >= 0.6 is 0 Å². The van der Waals surface area contributed by atoms with Gasteiger partial charge in [0, 0.05) is 31.4 Å². The van der Waals surface area contributed by atoms with Crippen LogP contribution in [0.2, 0.25) is 0 Å². The largest absolute Gasteiger partial charge is 0.311 e. The van der Waals surface area contributed by atoms with Crippen LogP contribution in [-0.2, 0) is 26.1 Å². The smallest absolute Gasteiger partial charge is 0.255 e. The highest BCUT2D eigenvalue weighted by Gasteiger charge is 2.20. The molecule has 0 N–H and O–H groups in total. The molecular weight excluding hydrogens is 308 g/mol. The molecule has 1 aliphatic rings. The van der Waals surface area contributed by atoms with Crippen molar-refractivity contribution in [3.05, 3.63) is 106 Å². The molecule has 4 rings (SSSR count). The third kappa shape index (κ3) is 3.57. The number of rotatable bonds is 4. The van der Waals surface area contributed by atoms with E-state index in [0.29, 0.717) is 6.54 Å². The van der Waals surface area contributed by atoms with Crippen molar-refractivity contribution in [3.8, 4) is 0 Å². The molecule has 0 bridgehead atoms. The summed E-state index contributed by atoms with van der Waals surface area (Å²) in [5.74, 6) is 0. The lowest BCUT2D eigenvalue weighted by Gasteiger charge is -2.28. The molecule has 0 saturated heterocycles. The van der Waals surface area contributed by atoms with Crippen LogP contribution in [0.1, 0.15) is 22.3 Å². The third-order valence-corrected chi connectivity index (χ3v) is 4.89. The van der Waals surface area contributed by atoms with Gasteiger partial charge in [-0.1, -0.05) is 60.7 Å². The molecule has 0 unspecified atom stereocenters. The standard InChI is InChI=1S/C22H22N2O/c25-22-21-17-23(15-18-7-3-1-4-8-18)13-11-20(21)12-14-24(22)16-19-9-5-2-6-10-19/h1-10,12,14H,11,13,15-17H2. The van der Waals surface area contributed by atoms with Crippen molar-refractivity contribution in [2.45, 2.75) is 26.1 Å².